The summed E-state index contributed by atoms with van der Waals surface area (Å²) in [4.78, 5) is 2.40. The van der Waals surface area contributed by atoms with Crippen LogP contribution in [0.5, 0.6) is 0 Å². The number of anilines is 3. The van der Waals surface area contributed by atoms with Crippen molar-refractivity contribution in [2.24, 2.45) is 0 Å². The molecule has 0 saturated heterocycles. The van der Waals surface area contributed by atoms with Crippen LogP contribution in [0.1, 0.15) is 0 Å². The zero-order chi connectivity index (χ0) is 44.3. The van der Waals surface area contributed by atoms with E-state index >= 15 is 0 Å². The SMILES string of the molecule is c1ccc(-c2c(-c3ccccc3)c3cc(-c4ccc(N(c5ccc(-c6cc7ccccc7c7ccccc67)cc5)c5ccc6c(ccc7ccccc76)c5)cc4)ccc3c3ccccc23)cc1. The number of hydrogen-bond donors (Lipinski definition) is 0. The summed E-state index contributed by atoms with van der Waals surface area (Å²) in [6, 6.07) is 95.8. The summed E-state index contributed by atoms with van der Waals surface area (Å²) in [7, 11) is 0. The molecule has 0 aliphatic carbocycles. The summed E-state index contributed by atoms with van der Waals surface area (Å²) >= 11 is 0. The largest absolute Gasteiger partial charge is 0.310 e. The molecule has 13 aromatic carbocycles. The first-order valence-electron chi connectivity index (χ1n) is 23.2. The van der Waals surface area contributed by atoms with Gasteiger partial charge in [-0.05, 0) is 158 Å². The van der Waals surface area contributed by atoms with Gasteiger partial charge in [-0.3, -0.25) is 0 Å². The lowest BCUT2D eigenvalue weighted by molar-refractivity contribution is 1.29. The van der Waals surface area contributed by atoms with Crippen molar-refractivity contribution in [3.05, 3.63) is 261 Å². The molecule has 13 rings (SSSR count). The van der Waals surface area contributed by atoms with Gasteiger partial charge in [0.1, 0.15) is 0 Å². The molecule has 0 saturated carbocycles. The van der Waals surface area contributed by atoms with Gasteiger partial charge in [-0.25, -0.2) is 0 Å². The van der Waals surface area contributed by atoms with Crippen molar-refractivity contribution in [1.29, 1.82) is 0 Å². The number of hydrogen-bond acceptors (Lipinski definition) is 1. The van der Waals surface area contributed by atoms with E-state index in [1.807, 2.05) is 0 Å². The molecule has 0 unspecified atom stereocenters. The number of nitrogens with zero attached hydrogens (tertiary/aromatic N) is 1. The average Bonchev–Trinajstić information content (AvgIpc) is 3.41. The quantitative estimate of drug-likeness (QED) is 0.144. The monoisotopic (exact) mass is 849 g/mol. The predicted molar refractivity (Wildman–Crippen MR) is 288 cm³/mol. The molecule has 0 aliphatic heterocycles. The van der Waals surface area contributed by atoms with Crippen LogP contribution in [0.15, 0.2) is 261 Å². The zero-order valence-electron chi connectivity index (χ0n) is 36.8. The van der Waals surface area contributed by atoms with Crippen LogP contribution in [0.3, 0.4) is 0 Å². The molecular weight excluding hydrogens is 807 g/mol. The second-order valence-corrected chi connectivity index (χ2v) is 17.6. The summed E-state index contributed by atoms with van der Waals surface area (Å²) in [6.07, 6.45) is 0. The lowest BCUT2D eigenvalue weighted by atomic mass is 9.84. The Balaban J connectivity index is 0.952. The molecule has 1 heteroatoms. The Bertz CT molecular complexity index is 4000. The predicted octanol–water partition coefficient (Wildman–Crippen LogP) is 18.7. The highest BCUT2D eigenvalue weighted by Crippen LogP contribution is 2.46. The molecule has 1 nitrogen and oxygen atoms in total. The van der Waals surface area contributed by atoms with Crippen LogP contribution in [0.2, 0.25) is 0 Å². The molecule has 13 aromatic rings. The standard InChI is InChI=1S/C66H43N/c1-3-16-47(17-4-1)65-62-26-14-13-24-59(62)61-39-33-49(42-64(61)66(65)48-18-5-2-6-19-48)44-29-34-52(35-30-44)67(54-38-40-57-51(41-54)28-27-45-15-7-9-21-55(45)57)53-36-31-46(32-37-53)63-43-50-20-8-10-22-56(50)58-23-11-12-25-60(58)63/h1-43H. The zero-order valence-corrected chi connectivity index (χ0v) is 36.8. The summed E-state index contributed by atoms with van der Waals surface area (Å²) in [5.41, 5.74) is 13.0. The van der Waals surface area contributed by atoms with Gasteiger partial charge in [-0.1, -0.05) is 212 Å². The Morgan fingerprint density at radius 3 is 1.28 bits per heavy atom. The molecule has 0 aromatic heterocycles. The summed E-state index contributed by atoms with van der Waals surface area (Å²) in [6.45, 7) is 0. The lowest BCUT2D eigenvalue weighted by Crippen LogP contribution is -2.09. The van der Waals surface area contributed by atoms with Gasteiger partial charge in [0.15, 0.2) is 0 Å². The van der Waals surface area contributed by atoms with Gasteiger partial charge >= 0.3 is 0 Å². The van der Waals surface area contributed by atoms with E-state index < -0.39 is 0 Å². The van der Waals surface area contributed by atoms with Crippen molar-refractivity contribution in [3.63, 3.8) is 0 Å². The smallest absolute Gasteiger partial charge is 0.0468 e. The molecule has 312 valence electrons. The van der Waals surface area contributed by atoms with Crippen molar-refractivity contribution in [2.75, 3.05) is 4.90 Å². The maximum absolute atomic E-state index is 2.41. The Labute approximate surface area is 390 Å². The van der Waals surface area contributed by atoms with Gasteiger partial charge in [-0.15, -0.1) is 0 Å². The van der Waals surface area contributed by atoms with Gasteiger partial charge in [-0.2, -0.15) is 0 Å². The third-order valence-corrected chi connectivity index (χ3v) is 13.8. The van der Waals surface area contributed by atoms with Crippen LogP contribution >= 0.6 is 0 Å². The first-order chi connectivity index (χ1) is 33.2. The first kappa shape index (κ1) is 38.7. The molecule has 0 fully saturated rings. The third kappa shape index (κ3) is 6.63. The molecule has 0 heterocycles. The molecule has 0 atom stereocenters. The molecule has 0 radical (unpaired) electrons. The Morgan fingerprint density at radius 1 is 0.194 bits per heavy atom. The molecule has 0 N–H and O–H groups in total. The van der Waals surface area contributed by atoms with E-state index in [1.54, 1.807) is 0 Å². The molecule has 0 aliphatic rings. The van der Waals surface area contributed by atoms with Crippen LogP contribution in [0.4, 0.5) is 17.1 Å². The summed E-state index contributed by atoms with van der Waals surface area (Å²) < 4.78 is 0. The number of benzene rings is 13. The van der Waals surface area contributed by atoms with Crippen molar-refractivity contribution < 1.29 is 0 Å². The van der Waals surface area contributed by atoms with Crippen LogP contribution < -0.4 is 4.90 Å². The van der Waals surface area contributed by atoms with Crippen LogP contribution in [-0.2, 0) is 0 Å². The number of rotatable bonds is 7. The molecule has 0 amide bonds. The van der Waals surface area contributed by atoms with Gasteiger partial charge in [0, 0.05) is 17.1 Å². The normalized spacial score (nSPS) is 11.6. The highest BCUT2D eigenvalue weighted by atomic mass is 15.1. The van der Waals surface area contributed by atoms with E-state index in [4.69, 9.17) is 0 Å². The van der Waals surface area contributed by atoms with Crippen molar-refractivity contribution >= 4 is 81.7 Å². The molecule has 0 bridgehead atoms. The van der Waals surface area contributed by atoms with E-state index in [1.165, 1.54) is 109 Å². The molecular formula is C66H43N. The second-order valence-electron chi connectivity index (χ2n) is 17.6. The fourth-order valence-corrected chi connectivity index (χ4v) is 10.7. The van der Waals surface area contributed by atoms with Crippen LogP contribution in [-0.4, -0.2) is 0 Å². The second kappa shape index (κ2) is 16.0. The average molecular weight is 850 g/mol. The van der Waals surface area contributed by atoms with Crippen molar-refractivity contribution in [3.8, 4) is 44.5 Å². The summed E-state index contributed by atoms with van der Waals surface area (Å²) in [5, 5.41) is 15.1. The first-order valence-corrected chi connectivity index (χ1v) is 23.2. The maximum Gasteiger partial charge on any atom is 0.0468 e. The summed E-state index contributed by atoms with van der Waals surface area (Å²) in [5.74, 6) is 0. The van der Waals surface area contributed by atoms with Crippen molar-refractivity contribution in [1.82, 2.24) is 0 Å². The van der Waals surface area contributed by atoms with Gasteiger partial charge < -0.3 is 4.90 Å². The topological polar surface area (TPSA) is 3.24 Å². The van der Waals surface area contributed by atoms with E-state index in [9.17, 15) is 0 Å². The van der Waals surface area contributed by atoms with Gasteiger partial charge in [0.2, 0.25) is 0 Å². The fourth-order valence-electron chi connectivity index (χ4n) is 10.7. The minimum absolute atomic E-state index is 1.09. The van der Waals surface area contributed by atoms with Crippen LogP contribution in [0, 0.1) is 0 Å². The van der Waals surface area contributed by atoms with E-state index in [0.717, 1.165) is 17.1 Å². The molecule has 67 heavy (non-hydrogen) atoms. The Kier molecular flexibility index (Phi) is 9.25. The fraction of sp³-hybridized carbons (Fsp3) is 0. The van der Waals surface area contributed by atoms with E-state index in [0.29, 0.717) is 0 Å². The molecule has 0 spiro atoms. The van der Waals surface area contributed by atoms with E-state index in [2.05, 4.69) is 266 Å². The third-order valence-electron chi connectivity index (χ3n) is 13.8. The van der Waals surface area contributed by atoms with Gasteiger partial charge in [0.05, 0.1) is 0 Å². The van der Waals surface area contributed by atoms with Crippen LogP contribution in [0.25, 0.3) is 109 Å². The number of fused-ring (bicyclic) bond motifs is 9. The lowest BCUT2D eigenvalue weighted by Gasteiger charge is -2.26. The van der Waals surface area contributed by atoms with Crippen molar-refractivity contribution in [2.45, 2.75) is 0 Å². The maximum atomic E-state index is 2.41. The minimum Gasteiger partial charge on any atom is -0.310 e. The minimum atomic E-state index is 1.09. The van der Waals surface area contributed by atoms with E-state index in [-0.39, 0.29) is 0 Å². The van der Waals surface area contributed by atoms with Gasteiger partial charge in [0.25, 0.3) is 0 Å². The Morgan fingerprint density at radius 2 is 0.612 bits per heavy atom. The Hall–Kier alpha value is -8.78. The highest BCUT2D eigenvalue weighted by Gasteiger charge is 2.20. The highest BCUT2D eigenvalue weighted by molar-refractivity contribution is 6.22.